The highest BCUT2D eigenvalue weighted by atomic mass is 32.2. The molecule has 0 aliphatic rings. The van der Waals surface area contributed by atoms with Crippen LogP contribution in [0.4, 0.5) is 0 Å². The molecule has 0 radical (unpaired) electrons. The fourth-order valence-corrected chi connectivity index (χ4v) is 2.74. The van der Waals surface area contributed by atoms with Crippen LogP contribution in [0.5, 0.6) is 0 Å². The van der Waals surface area contributed by atoms with Crippen molar-refractivity contribution in [1.29, 1.82) is 0 Å². The normalized spacial score (nSPS) is 14.1. The molecule has 3 nitrogen and oxygen atoms in total. The van der Waals surface area contributed by atoms with E-state index in [0.29, 0.717) is 12.5 Å². The second kappa shape index (κ2) is 7.41. The third-order valence-corrected chi connectivity index (χ3v) is 4.49. The molecule has 0 saturated heterocycles. The number of hydrogen-bond donors (Lipinski definition) is 1. The standard InChI is InChI=1S/C17H29NO2S/c1-14(13-18-10-11-21(5,19)20)12-15-6-8-16(9-7-15)17(2,3)4/h6-9,14,18H,10-13H2,1-5H3/t14-/m0/s1. The van der Waals surface area contributed by atoms with Gasteiger partial charge in [0.15, 0.2) is 0 Å². The quantitative estimate of drug-likeness (QED) is 0.788. The van der Waals surface area contributed by atoms with Crippen LogP contribution < -0.4 is 5.32 Å². The largest absolute Gasteiger partial charge is 0.315 e. The van der Waals surface area contributed by atoms with Gasteiger partial charge in [-0.3, -0.25) is 0 Å². The number of hydrogen-bond acceptors (Lipinski definition) is 3. The molecule has 0 aliphatic heterocycles. The van der Waals surface area contributed by atoms with E-state index >= 15 is 0 Å². The predicted octanol–water partition coefficient (Wildman–Crippen LogP) is 2.80. The van der Waals surface area contributed by atoms with Crippen molar-refractivity contribution in [3.05, 3.63) is 35.4 Å². The lowest BCUT2D eigenvalue weighted by Gasteiger charge is -2.19. The van der Waals surface area contributed by atoms with Gasteiger partial charge in [-0.05, 0) is 35.4 Å². The summed E-state index contributed by atoms with van der Waals surface area (Å²) in [5.41, 5.74) is 2.88. The molecule has 1 N–H and O–H groups in total. The topological polar surface area (TPSA) is 46.2 Å². The van der Waals surface area contributed by atoms with Gasteiger partial charge in [0.1, 0.15) is 9.84 Å². The summed E-state index contributed by atoms with van der Waals surface area (Å²) in [5, 5.41) is 3.22. The summed E-state index contributed by atoms with van der Waals surface area (Å²) in [5.74, 6) is 0.699. The Balaban J connectivity index is 2.39. The van der Waals surface area contributed by atoms with Crippen molar-refractivity contribution in [3.63, 3.8) is 0 Å². The molecule has 0 saturated carbocycles. The van der Waals surface area contributed by atoms with Crippen LogP contribution in [0, 0.1) is 5.92 Å². The van der Waals surface area contributed by atoms with E-state index in [9.17, 15) is 8.42 Å². The van der Waals surface area contributed by atoms with E-state index in [1.165, 1.54) is 17.4 Å². The number of nitrogens with one attached hydrogen (secondary N) is 1. The molecule has 0 amide bonds. The summed E-state index contributed by atoms with van der Waals surface area (Å²) in [6.07, 6.45) is 2.28. The summed E-state index contributed by atoms with van der Waals surface area (Å²) in [6.45, 7) is 10.2. The van der Waals surface area contributed by atoms with Crippen molar-refractivity contribution in [2.45, 2.75) is 39.5 Å². The maximum atomic E-state index is 11.0. The monoisotopic (exact) mass is 311 g/mol. The van der Waals surface area contributed by atoms with E-state index in [4.69, 9.17) is 0 Å². The van der Waals surface area contributed by atoms with Crippen LogP contribution >= 0.6 is 0 Å². The van der Waals surface area contributed by atoms with Crippen molar-refractivity contribution < 1.29 is 8.42 Å². The van der Waals surface area contributed by atoms with Crippen molar-refractivity contribution in [1.82, 2.24) is 5.32 Å². The van der Waals surface area contributed by atoms with Crippen LogP contribution in [0.3, 0.4) is 0 Å². The van der Waals surface area contributed by atoms with Gasteiger partial charge >= 0.3 is 0 Å². The third kappa shape index (κ3) is 7.63. The molecule has 120 valence electrons. The molecule has 1 aromatic rings. The third-order valence-electron chi connectivity index (χ3n) is 3.55. The van der Waals surface area contributed by atoms with Gasteiger partial charge in [0.2, 0.25) is 0 Å². The van der Waals surface area contributed by atoms with E-state index in [0.717, 1.165) is 13.0 Å². The molecule has 0 aliphatic carbocycles. The van der Waals surface area contributed by atoms with Crippen LogP contribution in [0.2, 0.25) is 0 Å². The first-order valence-corrected chi connectivity index (χ1v) is 9.62. The summed E-state index contributed by atoms with van der Waals surface area (Å²) in [7, 11) is -2.86. The zero-order valence-electron chi connectivity index (χ0n) is 13.9. The molecular formula is C17H29NO2S. The highest BCUT2D eigenvalue weighted by Crippen LogP contribution is 2.22. The summed E-state index contributed by atoms with van der Waals surface area (Å²) in [6, 6.07) is 8.82. The summed E-state index contributed by atoms with van der Waals surface area (Å²) in [4.78, 5) is 0. The fourth-order valence-electron chi connectivity index (χ4n) is 2.22. The van der Waals surface area contributed by atoms with Gasteiger partial charge in [0.05, 0.1) is 5.75 Å². The molecule has 0 bridgehead atoms. The summed E-state index contributed by atoms with van der Waals surface area (Å²) < 4.78 is 22.1. The van der Waals surface area contributed by atoms with Crippen molar-refractivity contribution in [2.24, 2.45) is 5.92 Å². The Bertz CT molecular complexity index is 527. The van der Waals surface area contributed by atoms with Gasteiger partial charge in [-0.2, -0.15) is 0 Å². The van der Waals surface area contributed by atoms with Crippen molar-refractivity contribution in [3.8, 4) is 0 Å². The van der Waals surface area contributed by atoms with Gasteiger partial charge in [0.25, 0.3) is 0 Å². The predicted molar refractivity (Wildman–Crippen MR) is 90.6 cm³/mol. The van der Waals surface area contributed by atoms with Crippen LogP contribution in [-0.4, -0.2) is 33.5 Å². The SMILES string of the molecule is C[C@H](CNCCS(C)(=O)=O)Cc1ccc(C(C)(C)C)cc1. The molecule has 21 heavy (non-hydrogen) atoms. The average Bonchev–Trinajstić information content (AvgIpc) is 2.33. The second-order valence-electron chi connectivity index (χ2n) is 7.09. The second-order valence-corrected chi connectivity index (χ2v) is 9.35. The Hall–Kier alpha value is -0.870. The molecule has 0 fully saturated rings. The highest BCUT2D eigenvalue weighted by molar-refractivity contribution is 7.90. The Labute approximate surface area is 130 Å². The molecule has 0 aromatic heterocycles. The zero-order chi connectivity index (χ0) is 16.1. The summed E-state index contributed by atoms with van der Waals surface area (Å²) >= 11 is 0. The lowest BCUT2D eigenvalue weighted by atomic mass is 9.86. The van der Waals surface area contributed by atoms with E-state index < -0.39 is 9.84 Å². The minimum atomic E-state index is -2.86. The van der Waals surface area contributed by atoms with E-state index in [1.807, 2.05) is 0 Å². The maximum absolute atomic E-state index is 11.0. The van der Waals surface area contributed by atoms with Gasteiger partial charge in [-0.25, -0.2) is 8.42 Å². The molecular weight excluding hydrogens is 282 g/mol. The number of sulfone groups is 1. The number of rotatable bonds is 7. The Morgan fingerprint density at radius 1 is 1.14 bits per heavy atom. The Kier molecular flexibility index (Phi) is 6.41. The first kappa shape index (κ1) is 18.2. The zero-order valence-corrected chi connectivity index (χ0v) is 14.8. The first-order valence-electron chi connectivity index (χ1n) is 7.56. The molecule has 0 unspecified atom stereocenters. The molecule has 4 heteroatoms. The van der Waals surface area contributed by atoms with Crippen molar-refractivity contribution >= 4 is 9.84 Å². The Morgan fingerprint density at radius 2 is 1.71 bits per heavy atom. The smallest absolute Gasteiger partial charge is 0.148 e. The van der Waals surface area contributed by atoms with Gasteiger partial charge in [-0.15, -0.1) is 0 Å². The van der Waals surface area contributed by atoms with Crippen LogP contribution in [0.15, 0.2) is 24.3 Å². The minimum absolute atomic E-state index is 0.192. The minimum Gasteiger partial charge on any atom is -0.315 e. The van der Waals surface area contributed by atoms with E-state index in [1.54, 1.807) is 0 Å². The first-order chi connectivity index (χ1) is 9.58. The molecule has 1 aromatic carbocycles. The van der Waals surface area contributed by atoms with Gasteiger partial charge in [-0.1, -0.05) is 52.0 Å². The fraction of sp³-hybridized carbons (Fsp3) is 0.647. The van der Waals surface area contributed by atoms with E-state index in [2.05, 4.69) is 57.3 Å². The highest BCUT2D eigenvalue weighted by Gasteiger charge is 2.13. The van der Waals surface area contributed by atoms with E-state index in [-0.39, 0.29) is 11.2 Å². The lowest BCUT2D eigenvalue weighted by molar-refractivity contribution is 0.518. The molecule has 1 atom stereocenters. The maximum Gasteiger partial charge on any atom is 0.148 e. The number of benzene rings is 1. The van der Waals surface area contributed by atoms with Crippen molar-refractivity contribution in [2.75, 3.05) is 25.1 Å². The van der Waals surface area contributed by atoms with Crippen LogP contribution in [0.25, 0.3) is 0 Å². The molecule has 0 spiro atoms. The Morgan fingerprint density at radius 3 is 2.19 bits per heavy atom. The lowest BCUT2D eigenvalue weighted by Crippen LogP contribution is -2.27. The van der Waals surface area contributed by atoms with Crippen LogP contribution in [-0.2, 0) is 21.7 Å². The molecule has 1 rings (SSSR count). The van der Waals surface area contributed by atoms with Gasteiger partial charge < -0.3 is 5.32 Å². The van der Waals surface area contributed by atoms with Crippen LogP contribution in [0.1, 0.15) is 38.8 Å². The van der Waals surface area contributed by atoms with Gasteiger partial charge in [0, 0.05) is 12.8 Å². The molecule has 0 heterocycles. The average molecular weight is 311 g/mol.